The minimum Gasteiger partial charge on any atom is -0.454 e. The Morgan fingerprint density at radius 3 is 1.80 bits per heavy atom. The van der Waals surface area contributed by atoms with Crippen molar-refractivity contribution in [3.8, 4) is 0 Å². The number of halogens is 6. The van der Waals surface area contributed by atoms with Gasteiger partial charge in [-0.1, -0.05) is 6.58 Å². The van der Waals surface area contributed by atoms with Crippen molar-refractivity contribution in [1.29, 1.82) is 0 Å². The summed E-state index contributed by atoms with van der Waals surface area (Å²) in [5.41, 5.74) is -6.25. The summed E-state index contributed by atoms with van der Waals surface area (Å²) in [5, 5.41) is 9.02. The Morgan fingerprint density at radius 1 is 0.933 bits per heavy atom. The molecule has 0 heterocycles. The van der Waals surface area contributed by atoms with Gasteiger partial charge in [-0.25, -0.2) is 4.79 Å². The van der Waals surface area contributed by atoms with Crippen molar-refractivity contribution in [2.75, 3.05) is 6.61 Å². The van der Waals surface area contributed by atoms with Crippen molar-refractivity contribution < 1.29 is 50.5 Å². The molecule has 0 amide bonds. The second-order valence-electron chi connectivity index (χ2n) is 8.53. The van der Waals surface area contributed by atoms with Gasteiger partial charge in [0.15, 0.2) is 6.61 Å². The highest BCUT2D eigenvalue weighted by Gasteiger charge is 2.71. The second kappa shape index (κ2) is 7.42. The van der Waals surface area contributed by atoms with Crippen LogP contribution in [0.15, 0.2) is 12.7 Å². The largest absolute Gasteiger partial charge is 0.454 e. The molecule has 170 valence electrons. The van der Waals surface area contributed by atoms with Crippen molar-refractivity contribution in [1.82, 2.24) is 0 Å². The molecule has 0 unspecified atom stereocenters. The molecular weight excluding hydrogens is 422 g/mol. The lowest BCUT2D eigenvalue weighted by Gasteiger charge is -2.59. The molecule has 5 nitrogen and oxygen atoms in total. The van der Waals surface area contributed by atoms with E-state index in [1.165, 1.54) is 6.08 Å². The molecule has 1 N–H and O–H groups in total. The van der Waals surface area contributed by atoms with Gasteiger partial charge in [0.2, 0.25) is 0 Å². The van der Waals surface area contributed by atoms with Gasteiger partial charge < -0.3 is 14.6 Å². The second-order valence-corrected chi connectivity index (χ2v) is 8.53. The summed E-state index contributed by atoms with van der Waals surface area (Å²) in [5.74, 6) is -1.96. The minimum atomic E-state index is -6.15. The van der Waals surface area contributed by atoms with Crippen LogP contribution in [-0.2, 0) is 19.1 Å². The number of alkyl halides is 6. The summed E-state index contributed by atoms with van der Waals surface area (Å²) in [6.45, 7) is 2.60. The van der Waals surface area contributed by atoms with Gasteiger partial charge in [-0.2, -0.15) is 26.3 Å². The zero-order chi connectivity index (χ0) is 22.5. The van der Waals surface area contributed by atoms with Crippen LogP contribution in [0.1, 0.15) is 38.5 Å². The highest BCUT2D eigenvalue weighted by molar-refractivity contribution is 5.77. The molecule has 4 aliphatic carbocycles. The van der Waals surface area contributed by atoms with E-state index in [1.54, 1.807) is 0 Å². The number of aliphatic hydroxyl groups is 1. The molecule has 4 saturated carbocycles. The molecule has 0 spiro atoms. The minimum absolute atomic E-state index is 0.0338. The van der Waals surface area contributed by atoms with Gasteiger partial charge in [-0.15, -0.1) is 0 Å². The predicted octanol–water partition coefficient (Wildman–Crippen LogP) is 3.70. The van der Waals surface area contributed by atoms with Crippen LogP contribution in [-0.4, -0.2) is 47.2 Å². The molecule has 0 atom stereocenters. The first-order chi connectivity index (χ1) is 13.7. The van der Waals surface area contributed by atoms with Gasteiger partial charge in [0.25, 0.3) is 5.60 Å². The van der Waals surface area contributed by atoms with E-state index in [4.69, 9.17) is 9.84 Å². The van der Waals surface area contributed by atoms with Crippen molar-refractivity contribution in [2.45, 2.75) is 62.1 Å². The van der Waals surface area contributed by atoms with Gasteiger partial charge in [0.05, 0.1) is 6.42 Å². The van der Waals surface area contributed by atoms with E-state index >= 15 is 0 Å². The molecule has 0 radical (unpaired) electrons. The van der Waals surface area contributed by atoms with Gasteiger partial charge >= 0.3 is 24.3 Å². The molecule has 0 aromatic heterocycles. The number of esters is 2. The van der Waals surface area contributed by atoms with E-state index in [2.05, 4.69) is 11.3 Å². The Bertz CT molecular complexity index is 671. The van der Waals surface area contributed by atoms with Crippen LogP contribution in [0.4, 0.5) is 26.3 Å². The van der Waals surface area contributed by atoms with E-state index in [-0.39, 0.29) is 11.8 Å². The van der Waals surface area contributed by atoms with Crippen molar-refractivity contribution in [3.63, 3.8) is 0 Å². The van der Waals surface area contributed by atoms with Gasteiger partial charge in [-0.3, -0.25) is 4.79 Å². The Kier molecular flexibility index (Phi) is 5.66. The summed E-state index contributed by atoms with van der Waals surface area (Å²) in [7, 11) is 0. The fraction of sp³-hybridized carbons (Fsp3) is 0.789. The molecule has 4 rings (SSSR count). The Morgan fingerprint density at radius 2 is 1.40 bits per heavy atom. The van der Waals surface area contributed by atoms with E-state index in [0.717, 1.165) is 32.1 Å². The van der Waals surface area contributed by atoms with Crippen LogP contribution in [0.25, 0.3) is 0 Å². The smallest absolute Gasteiger partial charge is 0.426 e. The van der Waals surface area contributed by atoms with E-state index in [1.807, 2.05) is 0 Å². The maximum atomic E-state index is 12.7. The standard InChI is InChI=1S/C19H22F6O5/c1-2-16(12-4-10-3-11(6-12)7-13(16)5-10)30-15(27)9-29-14(26)8-17(28,18(20,21)22)19(23,24)25/h2,10-13,28H,1,3-9H2. The molecule has 11 heteroatoms. The number of hydrogen-bond acceptors (Lipinski definition) is 5. The van der Waals surface area contributed by atoms with E-state index in [9.17, 15) is 35.9 Å². The third-order valence-electron chi connectivity index (χ3n) is 6.71. The fourth-order valence-electron chi connectivity index (χ4n) is 5.45. The highest BCUT2D eigenvalue weighted by atomic mass is 19.4. The number of carbonyl (C=O) groups excluding carboxylic acids is 2. The topological polar surface area (TPSA) is 72.8 Å². The Balaban J connectivity index is 1.60. The predicted molar refractivity (Wildman–Crippen MR) is 88.7 cm³/mol. The molecule has 4 aliphatic rings. The average molecular weight is 444 g/mol. The highest BCUT2D eigenvalue weighted by Crippen LogP contribution is 2.60. The Hall–Kier alpha value is -1.78. The lowest BCUT2D eigenvalue weighted by atomic mass is 9.50. The van der Waals surface area contributed by atoms with Gasteiger partial charge in [0, 0.05) is 11.8 Å². The lowest BCUT2D eigenvalue weighted by molar-refractivity contribution is -0.368. The summed E-state index contributed by atoms with van der Waals surface area (Å²) >= 11 is 0. The first-order valence-corrected chi connectivity index (χ1v) is 9.58. The lowest BCUT2D eigenvalue weighted by Crippen LogP contribution is -2.59. The molecule has 0 aliphatic heterocycles. The summed E-state index contributed by atoms with van der Waals surface area (Å²) in [6.07, 6.45) is -8.69. The Labute approximate surface area is 168 Å². The third-order valence-corrected chi connectivity index (χ3v) is 6.71. The maximum absolute atomic E-state index is 12.7. The van der Waals surface area contributed by atoms with Crippen LogP contribution >= 0.6 is 0 Å². The van der Waals surface area contributed by atoms with Crippen molar-refractivity contribution in [3.05, 3.63) is 12.7 Å². The first kappa shape index (κ1) is 22.9. The monoisotopic (exact) mass is 444 g/mol. The SMILES string of the molecule is C=CC1(OC(=O)COC(=O)CC(O)(C(F)(F)F)C(F)(F)F)C2CC3CC(C2)CC1C3. The van der Waals surface area contributed by atoms with Crippen LogP contribution in [0.3, 0.4) is 0 Å². The molecule has 4 fully saturated rings. The number of carbonyl (C=O) groups is 2. The van der Waals surface area contributed by atoms with Gasteiger partial charge in [0.1, 0.15) is 5.60 Å². The average Bonchev–Trinajstić information content (AvgIpc) is 2.60. The zero-order valence-corrected chi connectivity index (χ0v) is 15.9. The van der Waals surface area contributed by atoms with Crippen LogP contribution in [0.5, 0.6) is 0 Å². The van der Waals surface area contributed by atoms with E-state index < -0.39 is 48.5 Å². The van der Waals surface area contributed by atoms with Gasteiger partial charge in [-0.05, 0) is 50.0 Å². The van der Waals surface area contributed by atoms with Crippen LogP contribution in [0.2, 0.25) is 0 Å². The summed E-state index contributed by atoms with van der Waals surface area (Å²) in [6, 6.07) is 0. The number of ether oxygens (including phenoxy) is 2. The molecular formula is C19H22F6O5. The fourth-order valence-corrected chi connectivity index (χ4v) is 5.45. The zero-order valence-electron chi connectivity index (χ0n) is 15.9. The van der Waals surface area contributed by atoms with E-state index in [0.29, 0.717) is 11.8 Å². The molecule has 4 bridgehead atoms. The summed E-state index contributed by atoms with van der Waals surface area (Å²) in [4.78, 5) is 23.7. The van der Waals surface area contributed by atoms with Crippen LogP contribution < -0.4 is 0 Å². The quantitative estimate of drug-likeness (QED) is 0.384. The first-order valence-electron chi connectivity index (χ1n) is 9.58. The molecule has 30 heavy (non-hydrogen) atoms. The molecule has 0 aromatic rings. The number of hydrogen-bond donors (Lipinski definition) is 1. The number of rotatable bonds is 6. The molecule has 0 saturated heterocycles. The van der Waals surface area contributed by atoms with Crippen LogP contribution in [0, 0.1) is 23.7 Å². The third kappa shape index (κ3) is 3.80. The van der Waals surface area contributed by atoms with Crippen molar-refractivity contribution >= 4 is 11.9 Å². The normalized spacial score (nSPS) is 33.3. The molecule has 0 aromatic carbocycles. The van der Waals surface area contributed by atoms with Crippen molar-refractivity contribution in [2.24, 2.45) is 23.7 Å². The maximum Gasteiger partial charge on any atom is 0.426 e. The summed E-state index contributed by atoms with van der Waals surface area (Å²) < 4.78 is 85.7.